The summed E-state index contributed by atoms with van der Waals surface area (Å²) in [7, 11) is -1.29. The highest BCUT2D eigenvalue weighted by atomic mass is 79.9. The van der Waals surface area contributed by atoms with Gasteiger partial charge in [0.05, 0.1) is 0 Å². The molecule has 1 aromatic rings. The molecule has 0 heterocycles. The van der Waals surface area contributed by atoms with Gasteiger partial charge in [0.25, 0.3) is 9.04 Å². The molecule has 0 saturated carbocycles. The summed E-state index contributed by atoms with van der Waals surface area (Å²) in [5.41, 5.74) is -0.548. The molecule has 0 spiro atoms. The first-order valence-corrected chi connectivity index (χ1v) is 9.03. The number of halogens is 4. The number of rotatable bonds is 2. The Bertz CT molecular complexity index is 464. The molecule has 1 radical (unpaired) electrons. The molecular weight excluding hydrogens is 337 g/mol. The Kier molecular flexibility index (Phi) is 4.78. The van der Waals surface area contributed by atoms with E-state index < -0.39 is 26.2 Å². The third-order valence-corrected chi connectivity index (χ3v) is 3.78. The molecule has 0 N–H and O–H groups in total. The summed E-state index contributed by atoms with van der Waals surface area (Å²) in [6.07, 6.45) is -4.44. The van der Waals surface area contributed by atoms with Crippen LogP contribution in [0.2, 0.25) is 13.1 Å². The van der Waals surface area contributed by atoms with Crippen molar-refractivity contribution < 1.29 is 17.6 Å². The predicted molar refractivity (Wildman–Crippen MR) is 76.0 cm³/mol. The quantitative estimate of drug-likeness (QED) is 0.647. The largest absolute Gasteiger partial charge is 0.542 e. The van der Waals surface area contributed by atoms with E-state index in [0.717, 1.165) is 0 Å². The molecule has 0 fully saturated rings. The molecule has 0 amide bonds. The molecule has 0 aliphatic carbocycles. The van der Waals surface area contributed by atoms with Crippen molar-refractivity contribution in [2.45, 2.75) is 45.5 Å². The lowest BCUT2D eigenvalue weighted by molar-refractivity contribution is -0.139. The van der Waals surface area contributed by atoms with Crippen molar-refractivity contribution in [2.24, 2.45) is 0 Å². The van der Waals surface area contributed by atoms with Crippen molar-refractivity contribution >= 4 is 25.0 Å². The smallest absolute Gasteiger partial charge is 0.421 e. The first-order chi connectivity index (χ1) is 8.44. The fourth-order valence-corrected chi connectivity index (χ4v) is 2.88. The third-order valence-electron chi connectivity index (χ3n) is 2.50. The molecule has 19 heavy (non-hydrogen) atoms. The third kappa shape index (κ3) is 3.98. The molecular formula is C13H17BrF3OSi. The Morgan fingerprint density at radius 1 is 1.11 bits per heavy atom. The molecule has 0 aliphatic heterocycles. The standard InChI is InChI=1S/C13H17BrF3OSi/c1-12(2,3)8-6-7-9(14)10(13(15,16)17)11(8)18-19(4)5/h6-7H,1-5H3. The predicted octanol–water partition coefficient (Wildman–Crippen LogP) is 5.40. The van der Waals surface area contributed by atoms with Crippen molar-refractivity contribution in [3.05, 3.63) is 27.7 Å². The molecule has 1 aromatic carbocycles. The van der Waals surface area contributed by atoms with Gasteiger partial charge < -0.3 is 4.43 Å². The molecule has 0 unspecified atom stereocenters. The minimum atomic E-state index is -4.44. The highest BCUT2D eigenvalue weighted by Crippen LogP contribution is 2.46. The summed E-state index contributed by atoms with van der Waals surface area (Å²) in [4.78, 5) is 0. The lowest BCUT2D eigenvalue weighted by Gasteiger charge is -2.27. The number of hydrogen-bond acceptors (Lipinski definition) is 1. The van der Waals surface area contributed by atoms with Crippen LogP contribution in [0.3, 0.4) is 0 Å². The van der Waals surface area contributed by atoms with Crippen LogP contribution in [-0.2, 0) is 11.6 Å². The van der Waals surface area contributed by atoms with Crippen LogP contribution in [0.15, 0.2) is 16.6 Å². The zero-order valence-corrected chi connectivity index (χ0v) is 14.2. The van der Waals surface area contributed by atoms with Gasteiger partial charge in [-0.3, -0.25) is 0 Å². The molecule has 0 saturated heterocycles. The van der Waals surface area contributed by atoms with E-state index in [0.29, 0.717) is 5.56 Å². The Hall–Kier alpha value is -0.493. The molecule has 0 atom stereocenters. The lowest BCUT2D eigenvalue weighted by Crippen LogP contribution is -2.22. The first kappa shape index (κ1) is 16.6. The normalized spacial score (nSPS) is 12.9. The molecule has 0 aromatic heterocycles. The minimum absolute atomic E-state index is 0.0197. The van der Waals surface area contributed by atoms with E-state index in [4.69, 9.17) is 4.43 Å². The summed E-state index contributed by atoms with van der Waals surface area (Å²) >= 11 is 2.99. The molecule has 107 valence electrons. The van der Waals surface area contributed by atoms with E-state index in [2.05, 4.69) is 15.9 Å². The first-order valence-electron chi connectivity index (χ1n) is 5.82. The van der Waals surface area contributed by atoms with Crippen LogP contribution < -0.4 is 4.43 Å². The van der Waals surface area contributed by atoms with E-state index in [1.165, 1.54) is 6.07 Å². The summed E-state index contributed by atoms with van der Waals surface area (Å²) in [5, 5.41) is 0. The van der Waals surface area contributed by atoms with Gasteiger partial charge in [-0.15, -0.1) is 0 Å². The van der Waals surface area contributed by atoms with Crippen molar-refractivity contribution in [3.63, 3.8) is 0 Å². The van der Waals surface area contributed by atoms with Crippen molar-refractivity contribution in [2.75, 3.05) is 0 Å². The topological polar surface area (TPSA) is 9.23 Å². The summed E-state index contributed by atoms with van der Waals surface area (Å²) in [6.45, 7) is 9.26. The second-order valence-electron chi connectivity index (χ2n) is 5.56. The maximum Gasteiger partial charge on any atom is 0.421 e. The van der Waals surface area contributed by atoms with Crippen LogP contribution in [0.1, 0.15) is 31.9 Å². The van der Waals surface area contributed by atoms with Crippen molar-refractivity contribution in [3.8, 4) is 5.75 Å². The highest BCUT2D eigenvalue weighted by Gasteiger charge is 2.39. The van der Waals surface area contributed by atoms with Crippen LogP contribution >= 0.6 is 15.9 Å². The monoisotopic (exact) mass is 353 g/mol. The average Bonchev–Trinajstić information content (AvgIpc) is 2.11. The lowest BCUT2D eigenvalue weighted by atomic mass is 9.85. The van der Waals surface area contributed by atoms with Gasteiger partial charge in [-0.25, -0.2) is 0 Å². The van der Waals surface area contributed by atoms with Gasteiger partial charge in [0.15, 0.2) is 0 Å². The molecule has 0 aliphatic rings. The Morgan fingerprint density at radius 3 is 2.00 bits per heavy atom. The fraction of sp³-hybridized carbons (Fsp3) is 0.538. The molecule has 1 nitrogen and oxygen atoms in total. The molecule has 6 heteroatoms. The van der Waals surface area contributed by atoms with Crippen LogP contribution in [-0.4, -0.2) is 9.04 Å². The SMILES string of the molecule is C[Si](C)Oc1c(C(C)(C)C)ccc(Br)c1C(F)(F)F. The van der Waals surface area contributed by atoms with Gasteiger partial charge in [0, 0.05) is 4.47 Å². The van der Waals surface area contributed by atoms with Gasteiger partial charge in [0.1, 0.15) is 11.3 Å². The number of benzene rings is 1. The van der Waals surface area contributed by atoms with Crippen molar-refractivity contribution in [1.82, 2.24) is 0 Å². The maximum absolute atomic E-state index is 13.2. The average molecular weight is 354 g/mol. The van der Waals surface area contributed by atoms with E-state index in [-0.39, 0.29) is 10.2 Å². The zero-order valence-electron chi connectivity index (χ0n) is 11.6. The summed E-state index contributed by atoms with van der Waals surface area (Å²) in [5.74, 6) is -0.0340. The Morgan fingerprint density at radius 2 is 1.63 bits per heavy atom. The second kappa shape index (κ2) is 5.48. The Balaban J connectivity index is 3.60. The fourth-order valence-electron chi connectivity index (χ4n) is 1.72. The van der Waals surface area contributed by atoms with Gasteiger partial charge in [0.2, 0.25) is 0 Å². The number of hydrogen-bond donors (Lipinski definition) is 0. The van der Waals surface area contributed by atoms with E-state index in [9.17, 15) is 13.2 Å². The van der Waals surface area contributed by atoms with Crippen LogP contribution in [0.25, 0.3) is 0 Å². The van der Waals surface area contributed by atoms with E-state index in [1.807, 2.05) is 33.9 Å². The van der Waals surface area contributed by atoms with E-state index >= 15 is 0 Å². The molecule has 1 rings (SSSR count). The van der Waals surface area contributed by atoms with Gasteiger partial charge in [-0.05, 0) is 30.1 Å². The maximum atomic E-state index is 13.2. The second-order valence-corrected chi connectivity index (χ2v) is 8.43. The van der Waals surface area contributed by atoms with Gasteiger partial charge >= 0.3 is 6.18 Å². The number of alkyl halides is 3. The zero-order chi connectivity index (χ0) is 15.0. The van der Waals surface area contributed by atoms with Crippen LogP contribution in [0.4, 0.5) is 13.2 Å². The van der Waals surface area contributed by atoms with Gasteiger partial charge in [-0.2, -0.15) is 13.2 Å². The van der Waals surface area contributed by atoms with Gasteiger partial charge in [-0.1, -0.05) is 42.8 Å². The summed E-state index contributed by atoms with van der Waals surface area (Å²) < 4.78 is 45.3. The molecule has 0 bridgehead atoms. The minimum Gasteiger partial charge on any atom is -0.542 e. The van der Waals surface area contributed by atoms with Crippen molar-refractivity contribution in [1.29, 1.82) is 0 Å². The highest BCUT2D eigenvalue weighted by molar-refractivity contribution is 9.10. The Labute approximate surface area is 122 Å². The van der Waals surface area contributed by atoms with Crippen LogP contribution in [0, 0.1) is 0 Å². The summed E-state index contributed by atoms with van der Waals surface area (Å²) in [6, 6.07) is 3.13. The van der Waals surface area contributed by atoms with Crippen LogP contribution in [0.5, 0.6) is 5.75 Å². The van der Waals surface area contributed by atoms with E-state index in [1.54, 1.807) is 6.07 Å².